The highest BCUT2D eigenvalue weighted by Gasteiger charge is 1.89. The summed E-state index contributed by atoms with van der Waals surface area (Å²) in [6.45, 7) is 4.13. The van der Waals surface area contributed by atoms with E-state index in [4.69, 9.17) is 21.1 Å². The van der Waals surface area contributed by atoms with E-state index in [1.54, 1.807) is 7.11 Å². The Bertz CT molecular complexity index is 143. The van der Waals surface area contributed by atoms with Gasteiger partial charge in [-0.25, -0.2) is 0 Å². The average Bonchev–Trinajstić information content (AvgIpc) is 2.26. The summed E-state index contributed by atoms with van der Waals surface area (Å²) in [6.07, 6.45) is 6.22. The van der Waals surface area contributed by atoms with Crippen molar-refractivity contribution in [3.8, 4) is 0 Å². The second kappa shape index (κ2) is 13.9. The maximum absolute atomic E-state index is 5.48. The molecule has 0 fully saturated rings. The van der Waals surface area contributed by atoms with Crippen LogP contribution in [-0.4, -0.2) is 45.9 Å². The van der Waals surface area contributed by atoms with Gasteiger partial charge >= 0.3 is 0 Å². The van der Waals surface area contributed by atoms with Gasteiger partial charge in [-0.3, -0.25) is 0 Å². The van der Waals surface area contributed by atoms with Gasteiger partial charge in [0.25, 0.3) is 0 Å². The van der Waals surface area contributed by atoms with Crippen LogP contribution in [0.2, 0.25) is 0 Å². The Morgan fingerprint density at radius 1 is 1.13 bits per heavy atom. The summed E-state index contributed by atoms with van der Waals surface area (Å²) in [6, 6.07) is 0. The molecule has 0 aromatic rings. The van der Waals surface area contributed by atoms with E-state index >= 15 is 0 Å². The molecule has 0 aliphatic rings. The molecule has 0 aromatic heterocycles. The first kappa shape index (κ1) is 14.9. The number of hydrogen-bond donors (Lipinski definition) is 1. The van der Waals surface area contributed by atoms with E-state index in [2.05, 4.69) is 5.32 Å². The van der Waals surface area contributed by atoms with Crippen molar-refractivity contribution in [1.29, 1.82) is 0 Å². The standard InChI is InChI=1S/C11H22ClNO2/c1-14-10-11-15-9-5-4-8-13-7-3-2-6-12/h2-3,13H,4-11H2,1H3/b3-2+. The summed E-state index contributed by atoms with van der Waals surface area (Å²) in [7, 11) is 1.68. The summed E-state index contributed by atoms with van der Waals surface area (Å²) in [4.78, 5) is 0. The predicted octanol–water partition coefficient (Wildman–Crippen LogP) is 1.81. The summed E-state index contributed by atoms with van der Waals surface area (Å²) in [5, 5.41) is 3.30. The molecule has 0 spiro atoms. The van der Waals surface area contributed by atoms with Gasteiger partial charge in [0.1, 0.15) is 0 Å². The summed E-state index contributed by atoms with van der Waals surface area (Å²) < 4.78 is 10.2. The van der Waals surface area contributed by atoms with Crippen LogP contribution in [0.5, 0.6) is 0 Å². The van der Waals surface area contributed by atoms with E-state index in [1.165, 1.54) is 0 Å². The molecule has 0 saturated carbocycles. The second-order valence-corrected chi connectivity index (χ2v) is 3.45. The smallest absolute Gasteiger partial charge is 0.0700 e. The van der Waals surface area contributed by atoms with Crippen molar-refractivity contribution >= 4 is 11.6 Å². The van der Waals surface area contributed by atoms with Crippen molar-refractivity contribution < 1.29 is 9.47 Å². The van der Waals surface area contributed by atoms with Crippen LogP contribution in [0, 0.1) is 0 Å². The van der Waals surface area contributed by atoms with Crippen molar-refractivity contribution in [2.24, 2.45) is 0 Å². The number of halogens is 1. The van der Waals surface area contributed by atoms with Crippen LogP contribution < -0.4 is 5.32 Å². The number of rotatable bonds is 11. The third kappa shape index (κ3) is 13.9. The van der Waals surface area contributed by atoms with Gasteiger partial charge in [-0.15, -0.1) is 11.6 Å². The molecular weight excluding hydrogens is 214 g/mol. The molecule has 3 nitrogen and oxygen atoms in total. The highest BCUT2D eigenvalue weighted by Crippen LogP contribution is 1.88. The fourth-order valence-corrected chi connectivity index (χ4v) is 1.16. The lowest BCUT2D eigenvalue weighted by Gasteiger charge is -2.03. The van der Waals surface area contributed by atoms with E-state index in [0.717, 1.165) is 32.5 Å². The number of allylic oxidation sites excluding steroid dienone is 1. The normalized spacial score (nSPS) is 11.3. The Labute approximate surface area is 97.8 Å². The van der Waals surface area contributed by atoms with Crippen molar-refractivity contribution in [3.05, 3.63) is 12.2 Å². The Kier molecular flexibility index (Phi) is 13.8. The van der Waals surface area contributed by atoms with E-state index in [9.17, 15) is 0 Å². The molecule has 90 valence electrons. The van der Waals surface area contributed by atoms with Crippen molar-refractivity contribution in [3.63, 3.8) is 0 Å². The Balaban J connectivity index is 2.89. The fraction of sp³-hybridized carbons (Fsp3) is 0.818. The number of ether oxygens (including phenoxy) is 2. The van der Waals surface area contributed by atoms with Gasteiger partial charge in [0.2, 0.25) is 0 Å². The summed E-state index contributed by atoms with van der Waals surface area (Å²) in [5.74, 6) is 0.592. The first-order valence-electron chi connectivity index (χ1n) is 5.40. The molecule has 0 aliphatic heterocycles. The average molecular weight is 236 g/mol. The van der Waals surface area contributed by atoms with E-state index < -0.39 is 0 Å². The minimum Gasteiger partial charge on any atom is -0.382 e. The van der Waals surface area contributed by atoms with Gasteiger partial charge in [0.15, 0.2) is 0 Å². The molecule has 0 saturated heterocycles. The van der Waals surface area contributed by atoms with Gasteiger partial charge in [0, 0.05) is 26.1 Å². The summed E-state index contributed by atoms with van der Waals surface area (Å²) >= 11 is 5.48. The lowest BCUT2D eigenvalue weighted by atomic mass is 10.3. The zero-order valence-corrected chi connectivity index (χ0v) is 10.3. The fourth-order valence-electron chi connectivity index (χ4n) is 1.03. The maximum Gasteiger partial charge on any atom is 0.0700 e. The van der Waals surface area contributed by atoms with Crippen molar-refractivity contribution in [2.45, 2.75) is 12.8 Å². The van der Waals surface area contributed by atoms with Gasteiger partial charge in [-0.1, -0.05) is 12.2 Å². The molecule has 0 amide bonds. The third-order valence-corrected chi connectivity index (χ3v) is 2.02. The molecule has 0 radical (unpaired) electrons. The van der Waals surface area contributed by atoms with Crippen LogP contribution in [0.15, 0.2) is 12.2 Å². The van der Waals surface area contributed by atoms with Crippen LogP contribution in [-0.2, 0) is 9.47 Å². The quantitative estimate of drug-likeness (QED) is 0.337. The largest absolute Gasteiger partial charge is 0.382 e. The molecule has 0 aromatic carbocycles. The molecule has 15 heavy (non-hydrogen) atoms. The zero-order valence-electron chi connectivity index (χ0n) is 9.51. The number of alkyl halides is 1. The van der Waals surface area contributed by atoms with E-state index in [1.807, 2.05) is 12.2 Å². The minimum atomic E-state index is 0.592. The second-order valence-electron chi connectivity index (χ2n) is 3.14. The molecule has 0 atom stereocenters. The molecule has 0 bridgehead atoms. The predicted molar refractivity (Wildman–Crippen MR) is 64.7 cm³/mol. The lowest BCUT2D eigenvalue weighted by molar-refractivity contribution is 0.0688. The Morgan fingerprint density at radius 3 is 2.73 bits per heavy atom. The number of nitrogens with one attached hydrogen (secondary N) is 1. The third-order valence-electron chi connectivity index (χ3n) is 1.84. The van der Waals surface area contributed by atoms with Crippen LogP contribution in [0.25, 0.3) is 0 Å². The first-order valence-corrected chi connectivity index (χ1v) is 5.93. The number of unbranched alkanes of at least 4 members (excludes halogenated alkanes) is 1. The van der Waals surface area contributed by atoms with E-state index in [-0.39, 0.29) is 0 Å². The van der Waals surface area contributed by atoms with Crippen LogP contribution in [0.4, 0.5) is 0 Å². The molecule has 0 aliphatic carbocycles. The highest BCUT2D eigenvalue weighted by molar-refractivity contribution is 6.18. The monoisotopic (exact) mass is 235 g/mol. The molecule has 1 N–H and O–H groups in total. The van der Waals surface area contributed by atoms with Gasteiger partial charge in [0.05, 0.1) is 13.2 Å². The minimum absolute atomic E-state index is 0.592. The first-order chi connectivity index (χ1) is 7.41. The van der Waals surface area contributed by atoms with Gasteiger partial charge in [-0.2, -0.15) is 0 Å². The molecule has 0 unspecified atom stereocenters. The Morgan fingerprint density at radius 2 is 2.00 bits per heavy atom. The molecule has 4 heteroatoms. The highest BCUT2D eigenvalue weighted by atomic mass is 35.5. The molecule has 0 heterocycles. The SMILES string of the molecule is COCCOCCCCNC/C=C/CCl. The Hall–Kier alpha value is -0.0900. The van der Waals surface area contributed by atoms with Gasteiger partial charge in [-0.05, 0) is 19.4 Å². The lowest BCUT2D eigenvalue weighted by Crippen LogP contribution is -2.15. The van der Waals surface area contributed by atoms with Crippen molar-refractivity contribution in [2.75, 3.05) is 45.9 Å². The molecule has 0 rings (SSSR count). The van der Waals surface area contributed by atoms with Crippen LogP contribution in [0.1, 0.15) is 12.8 Å². The number of methoxy groups -OCH3 is 1. The van der Waals surface area contributed by atoms with Crippen molar-refractivity contribution in [1.82, 2.24) is 5.32 Å². The maximum atomic E-state index is 5.48. The van der Waals surface area contributed by atoms with E-state index in [0.29, 0.717) is 19.1 Å². The van der Waals surface area contributed by atoms with Crippen LogP contribution in [0.3, 0.4) is 0 Å². The summed E-state index contributed by atoms with van der Waals surface area (Å²) in [5.41, 5.74) is 0. The van der Waals surface area contributed by atoms with Gasteiger partial charge < -0.3 is 14.8 Å². The topological polar surface area (TPSA) is 30.5 Å². The van der Waals surface area contributed by atoms with Crippen LogP contribution >= 0.6 is 11.6 Å². The molecular formula is C11H22ClNO2. The zero-order chi connectivity index (χ0) is 11.2. The number of hydrogen-bond acceptors (Lipinski definition) is 3.